The van der Waals surface area contributed by atoms with Crippen molar-refractivity contribution >= 4 is 7.60 Å². The lowest BCUT2D eigenvalue weighted by Gasteiger charge is -2.18. The van der Waals surface area contributed by atoms with Gasteiger partial charge in [0, 0.05) is 18.8 Å². The van der Waals surface area contributed by atoms with E-state index in [1.54, 1.807) is 0 Å². The Kier molecular flexibility index (Phi) is 6.10. The van der Waals surface area contributed by atoms with Gasteiger partial charge in [-0.05, 0) is 19.4 Å². The number of rotatable bonds is 7. The molecule has 0 fully saturated rings. The summed E-state index contributed by atoms with van der Waals surface area (Å²) in [5, 5.41) is 0. The zero-order valence-electron chi connectivity index (χ0n) is 10.8. The second-order valence-electron chi connectivity index (χ2n) is 3.83. The molecule has 0 aliphatic carbocycles. The summed E-state index contributed by atoms with van der Waals surface area (Å²) < 4.78 is 35.0. The molecule has 0 amide bonds. The molecular formula is C12H18FO5P. The van der Waals surface area contributed by atoms with E-state index in [9.17, 15) is 8.96 Å². The summed E-state index contributed by atoms with van der Waals surface area (Å²) in [6, 6.07) is 5.72. The summed E-state index contributed by atoms with van der Waals surface area (Å²) in [6.45, 7) is 4.57. The fourth-order valence-electron chi connectivity index (χ4n) is 1.55. The molecule has 0 unspecified atom stereocenters. The van der Waals surface area contributed by atoms with Crippen LogP contribution in [0.5, 0.6) is 0 Å². The molecule has 0 aliphatic heterocycles. The molecule has 1 atom stereocenters. The molecule has 0 radical (unpaired) electrons. The van der Waals surface area contributed by atoms with Crippen molar-refractivity contribution in [3.63, 3.8) is 0 Å². The quantitative estimate of drug-likeness (QED) is 0.597. The monoisotopic (exact) mass is 292 g/mol. The van der Waals surface area contributed by atoms with E-state index >= 15 is 0 Å². The maximum Gasteiger partial charge on any atom is 0.363 e. The predicted molar refractivity (Wildman–Crippen MR) is 68.3 cm³/mol. The van der Waals surface area contributed by atoms with Crippen LogP contribution in [-0.4, -0.2) is 23.0 Å². The van der Waals surface area contributed by atoms with Gasteiger partial charge in [0.15, 0.2) is 6.29 Å². The van der Waals surface area contributed by atoms with Gasteiger partial charge in [-0.1, -0.05) is 24.3 Å². The highest BCUT2D eigenvalue weighted by atomic mass is 31.2. The Morgan fingerprint density at radius 3 is 1.89 bits per heavy atom. The number of hydrogen-bond acceptors (Lipinski definition) is 3. The molecule has 0 spiro atoms. The van der Waals surface area contributed by atoms with Crippen molar-refractivity contribution in [1.29, 1.82) is 0 Å². The second kappa shape index (κ2) is 7.12. The molecule has 1 rings (SSSR count). The summed E-state index contributed by atoms with van der Waals surface area (Å²) in [6.07, 6.45) is -0.558. The average molecular weight is 292 g/mol. The number of benzene rings is 1. The van der Waals surface area contributed by atoms with Crippen LogP contribution in [-0.2, 0) is 14.0 Å². The van der Waals surface area contributed by atoms with Crippen LogP contribution >= 0.6 is 7.60 Å². The highest BCUT2D eigenvalue weighted by Gasteiger charge is 2.30. The maximum absolute atomic E-state index is 13.4. The van der Waals surface area contributed by atoms with Gasteiger partial charge in [0.05, 0.1) is 0 Å². The average Bonchev–Trinajstić information content (AvgIpc) is 2.37. The summed E-state index contributed by atoms with van der Waals surface area (Å²) in [4.78, 5) is 17.5. The maximum atomic E-state index is 13.4. The Morgan fingerprint density at radius 2 is 1.53 bits per heavy atom. The minimum atomic E-state index is -4.77. The van der Waals surface area contributed by atoms with Gasteiger partial charge in [0.25, 0.3) is 0 Å². The zero-order valence-corrected chi connectivity index (χ0v) is 11.7. The molecule has 0 saturated heterocycles. The molecule has 0 bridgehead atoms. The predicted octanol–water partition coefficient (Wildman–Crippen LogP) is 2.90. The zero-order chi connectivity index (χ0) is 14.5. The summed E-state index contributed by atoms with van der Waals surface area (Å²) in [7, 11) is -4.77. The van der Waals surface area contributed by atoms with Gasteiger partial charge in [-0.25, -0.2) is 4.39 Å². The first kappa shape index (κ1) is 16.3. The third kappa shape index (κ3) is 4.67. The number of halogens is 1. The summed E-state index contributed by atoms with van der Waals surface area (Å²) in [5.41, 5.74) is 0.606. The number of ether oxygens (including phenoxy) is 2. The van der Waals surface area contributed by atoms with Crippen molar-refractivity contribution in [3.8, 4) is 0 Å². The summed E-state index contributed by atoms with van der Waals surface area (Å²) in [5.74, 6) is -2.31. The lowest BCUT2D eigenvalue weighted by Crippen LogP contribution is -2.09. The Hall–Kier alpha value is -0.780. The normalized spacial score (nSPS) is 13.8. The Bertz CT molecular complexity index is 424. The smallest absolute Gasteiger partial charge is 0.349 e. The van der Waals surface area contributed by atoms with E-state index in [1.807, 2.05) is 13.8 Å². The van der Waals surface area contributed by atoms with E-state index in [1.165, 1.54) is 24.3 Å². The van der Waals surface area contributed by atoms with Crippen molar-refractivity contribution in [2.45, 2.75) is 26.1 Å². The molecule has 7 heteroatoms. The van der Waals surface area contributed by atoms with Gasteiger partial charge in [0.2, 0.25) is 5.91 Å². The van der Waals surface area contributed by atoms with Crippen LogP contribution in [0.2, 0.25) is 0 Å². The number of alkyl halides is 1. The fraction of sp³-hybridized carbons (Fsp3) is 0.500. The largest absolute Gasteiger partial charge is 0.363 e. The van der Waals surface area contributed by atoms with Crippen LogP contribution in [0.3, 0.4) is 0 Å². The van der Waals surface area contributed by atoms with Crippen LogP contribution in [0.1, 0.15) is 37.2 Å². The molecule has 5 nitrogen and oxygen atoms in total. The molecule has 19 heavy (non-hydrogen) atoms. The van der Waals surface area contributed by atoms with E-state index in [0.717, 1.165) is 0 Å². The SMILES string of the molecule is CCOC(OCC)c1ccc([C@H](F)P(=O)(O)O)cc1. The summed E-state index contributed by atoms with van der Waals surface area (Å²) >= 11 is 0. The van der Waals surface area contributed by atoms with Crippen LogP contribution in [0.4, 0.5) is 4.39 Å². The van der Waals surface area contributed by atoms with E-state index < -0.39 is 19.8 Å². The fourth-order valence-corrected chi connectivity index (χ4v) is 2.11. The molecule has 0 heterocycles. The van der Waals surface area contributed by atoms with Gasteiger partial charge < -0.3 is 19.3 Å². The molecule has 0 saturated carbocycles. The third-order valence-corrected chi connectivity index (χ3v) is 3.30. The van der Waals surface area contributed by atoms with Gasteiger partial charge in [0.1, 0.15) is 0 Å². The standard InChI is InChI=1S/C12H18FO5P/c1-3-17-12(18-4-2)10-7-5-9(6-8-10)11(13)19(14,15)16/h5-8,11-12H,3-4H2,1-2H3,(H2,14,15,16)/t11-/m1/s1. The molecule has 1 aromatic carbocycles. The Morgan fingerprint density at radius 1 is 1.11 bits per heavy atom. The molecular weight excluding hydrogens is 274 g/mol. The third-order valence-electron chi connectivity index (χ3n) is 2.42. The van der Waals surface area contributed by atoms with Gasteiger partial charge in [-0.15, -0.1) is 0 Å². The minimum absolute atomic E-state index is 0.0659. The highest BCUT2D eigenvalue weighted by Crippen LogP contribution is 2.52. The molecule has 0 aliphatic rings. The van der Waals surface area contributed by atoms with Crippen molar-refractivity contribution in [2.75, 3.05) is 13.2 Å². The Labute approximate surface area is 111 Å². The van der Waals surface area contributed by atoms with Crippen LogP contribution in [0, 0.1) is 0 Å². The van der Waals surface area contributed by atoms with Gasteiger partial charge in [-0.3, -0.25) is 4.57 Å². The molecule has 108 valence electrons. The molecule has 1 aromatic rings. The van der Waals surface area contributed by atoms with Crippen LogP contribution in [0.25, 0.3) is 0 Å². The van der Waals surface area contributed by atoms with E-state index in [0.29, 0.717) is 18.8 Å². The number of hydrogen-bond donors (Lipinski definition) is 2. The van der Waals surface area contributed by atoms with E-state index in [4.69, 9.17) is 19.3 Å². The first-order valence-electron chi connectivity index (χ1n) is 5.92. The first-order valence-corrected chi connectivity index (χ1v) is 7.60. The lowest BCUT2D eigenvalue weighted by atomic mass is 10.1. The van der Waals surface area contributed by atoms with Crippen molar-refractivity contribution in [1.82, 2.24) is 0 Å². The van der Waals surface area contributed by atoms with Crippen molar-refractivity contribution < 1.29 is 28.2 Å². The van der Waals surface area contributed by atoms with Crippen LogP contribution in [0.15, 0.2) is 24.3 Å². The van der Waals surface area contributed by atoms with Crippen molar-refractivity contribution in [2.24, 2.45) is 0 Å². The lowest BCUT2D eigenvalue weighted by molar-refractivity contribution is -0.140. The topological polar surface area (TPSA) is 76.0 Å². The van der Waals surface area contributed by atoms with Gasteiger partial charge in [-0.2, -0.15) is 0 Å². The molecule has 2 N–H and O–H groups in total. The highest BCUT2D eigenvalue weighted by molar-refractivity contribution is 7.51. The van der Waals surface area contributed by atoms with Gasteiger partial charge >= 0.3 is 7.60 Å². The molecule has 0 aromatic heterocycles. The Balaban J connectivity index is 2.88. The van der Waals surface area contributed by atoms with Crippen LogP contribution < -0.4 is 0 Å². The van der Waals surface area contributed by atoms with E-state index in [-0.39, 0.29) is 5.56 Å². The van der Waals surface area contributed by atoms with E-state index in [2.05, 4.69) is 0 Å². The second-order valence-corrected chi connectivity index (χ2v) is 5.47. The minimum Gasteiger partial charge on any atom is -0.349 e. The first-order chi connectivity index (χ1) is 8.90. The van der Waals surface area contributed by atoms with Crippen molar-refractivity contribution in [3.05, 3.63) is 35.4 Å².